The van der Waals surface area contributed by atoms with Gasteiger partial charge >= 0.3 is 11.9 Å². The van der Waals surface area contributed by atoms with Gasteiger partial charge in [0.1, 0.15) is 6.61 Å². The van der Waals surface area contributed by atoms with Gasteiger partial charge in [0.05, 0.1) is 29.3 Å². The van der Waals surface area contributed by atoms with E-state index in [4.69, 9.17) is 14.5 Å². The third-order valence-corrected chi connectivity index (χ3v) is 7.07. The van der Waals surface area contributed by atoms with Gasteiger partial charge in [0.25, 0.3) is 5.56 Å². The minimum Gasteiger partial charge on any atom is -0.512 e. The predicted molar refractivity (Wildman–Crippen MR) is 119 cm³/mol. The molecular weight excluding hydrogens is 424 g/mol. The minimum absolute atomic E-state index is 0.0358. The summed E-state index contributed by atoms with van der Waals surface area (Å²) in [7, 11) is 0. The number of cyclic esters (lactones) is 1. The van der Waals surface area contributed by atoms with E-state index in [2.05, 4.69) is 0 Å². The molecule has 4 heterocycles. The number of rotatable bonds is 3. The van der Waals surface area contributed by atoms with Crippen LogP contribution in [0.2, 0.25) is 0 Å². The summed E-state index contributed by atoms with van der Waals surface area (Å²) in [6.07, 6.45) is 3.27. The topological polar surface area (TPSA) is 108 Å². The number of aliphatic hydroxyl groups is 1. The second-order valence-electron chi connectivity index (χ2n) is 8.97. The molecule has 2 aromatic rings. The van der Waals surface area contributed by atoms with Crippen LogP contribution in [0.4, 0.5) is 0 Å². The van der Waals surface area contributed by atoms with Crippen molar-refractivity contribution < 1.29 is 24.2 Å². The molecule has 0 aromatic carbocycles. The van der Waals surface area contributed by atoms with Crippen molar-refractivity contribution in [1.82, 2.24) is 9.55 Å². The van der Waals surface area contributed by atoms with Crippen molar-refractivity contribution in [2.45, 2.75) is 65.7 Å². The maximum Gasteiger partial charge on any atom is 0.355 e. The number of hydrogen-bond acceptors (Lipinski definition) is 7. The van der Waals surface area contributed by atoms with Crippen LogP contribution in [0.15, 0.2) is 16.6 Å². The molecule has 0 saturated carbocycles. The Bertz CT molecular complexity index is 1320. The molecule has 0 fully saturated rings. The molecule has 1 unspecified atom stereocenters. The van der Waals surface area contributed by atoms with Crippen LogP contribution >= 0.6 is 0 Å². The number of ether oxygens (including phenoxy) is 2. The average Bonchev–Trinajstić information content (AvgIpc) is 3.13. The summed E-state index contributed by atoms with van der Waals surface area (Å²) < 4.78 is 12.5. The van der Waals surface area contributed by atoms with Gasteiger partial charge < -0.3 is 19.1 Å². The normalized spacial score (nSPS) is 22.5. The van der Waals surface area contributed by atoms with Gasteiger partial charge in [-0.1, -0.05) is 20.8 Å². The predicted octanol–water partition coefficient (Wildman–Crippen LogP) is 3.15. The molecule has 1 N–H and O–H groups in total. The molecule has 2 aliphatic heterocycles. The summed E-state index contributed by atoms with van der Waals surface area (Å²) >= 11 is 0. The Kier molecular flexibility index (Phi) is 4.74. The average molecular weight is 450 g/mol. The van der Waals surface area contributed by atoms with E-state index in [0.717, 1.165) is 28.8 Å². The molecule has 2 aromatic heterocycles. The Balaban J connectivity index is 1.78. The molecule has 0 bridgehead atoms. The van der Waals surface area contributed by atoms with Crippen LogP contribution in [-0.2, 0) is 50.7 Å². The van der Waals surface area contributed by atoms with E-state index < -0.39 is 17.5 Å². The number of carbonyl (C=O) groups is 2. The lowest BCUT2D eigenvalue weighted by Crippen LogP contribution is -2.47. The van der Waals surface area contributed by atoms with Crippen molar-refractivity contribution in [3.05, 3.63) is 55.7 Å². The third-order valence-electron chi connectivity index (χ3n) is 7.07. The zero-order chi connectivity index (χ0) is 23.7. The molecule has 2 atom stereocenters. The monoisotopic (exact) mass is 450 g/mol. The summed E-state index contributed by atoms with van der Waals surface area (Å²) in [6, 6.07) is 1.77. The van der Waals surface area contributed by atoms with Crippen LogP contribution in [0.1, 0.15) is 67.6 Å². The van der Waals surface area contributed by atoms with Gasteiger partial charge in [-0.3, -0.25) is 14.6 Å². The standard InChI is InChI=1S/C25H26N2O6/c1-5-14-15-8-21(29)12(3)7-19(15)26-22-16(14)10-27-20(22)9-18-17(23(27)30)11-32-24(31)25(18,6-2)33-13(4)28/h8-9,12,29H,5-7,10-11H2,1-4H3/t12?,25-/m0/s1. The quantitative estimate of drug-likeness (QED) is 0.611. The first-order valence-electron chi connectivity index (χ1n) is 11.3. The summed E-state index contributed by atoms with van der Waals surface area (Å²) in [5, 5.41) is 10.3. The van der Waals surface area contributed by atoms with Crippen molar-refractivity contribution in [2.24, 2.45) is 5.92 Å². The van der Waals surface area contributed by atoms with E-state index in [1.807, 2.05) is 13.8 Å². The van der Waals surface area contributed by atoms with Gasteiger partial charge in [-0.2, -0.15) is 0 Å². The zero-order valence-electron chi connectivity index (χ0n) is 19.2. The summed E-state index contributed by atoms with van der Waals surface area (Å²) in [5.74, 6) is -0.987. The van der Waals surface area contributed by atoms with Crippen molar-refractivity contribution in [3.8, 4) is 11.4 Å². The highest BCUT2D eigenvalue weighted by Crippen LogP contribution is 2.42. The van der Waals surface area contributed by atoms with Gasteiger partial charge in [-0.05, 0) is 37.0 Å². The molecule has 8 nitrogen and oxygen atoms in total. The maximum absolute atomic E-state index is 13.5. The highest BCUT2D eigenvalue weighted by Gasteiger charge is 2.50. The van der Waals surface area contributed by atoms with E-state index in [1.165, 1.54) is 6.92 Å². The van der Waals surface area contributed by atoms with Crippen LogP contribution in [0, 0.1) is 5.92 Å². The number of hydrogen-bond donors (Lipinski definition) is 1. The van der Waals surface area contributed by atoms with Crippen LogP contribution < -0.4 is 5.56 Å². The Hall–Kier alpha value is -3.42. The number of fused-ring (bicyclic) bond motifs is 5. The number of pyridine rings is 2. The first kappa shape index (κ1) is 21.4. The first-order chi connectivity index (χ1) is 15.7. The van der Waals surface area contributed by atoms with Crippen LogP contribution in [0.25, 0.3) is 17.5 Å². The number of carbonyl (C=O) groups excluding carboxylic acids is 2. The highest BCUT2D eigenvalue weighted by molar-refractivity contribution is 5.87. The van der Waals surface area contributed by atoms with Gasteiger partial charge in [0, 0.05) is 35.2 Å². The van der Waals surface area contributed by atoms with E-state index in [0.29, 0.717) is 41.2 Å². The highest BCUT2D eigenvalue weighted by atomic mass is 16.6. The van der Waals surface area contributed by atoms with Crippen molar-refractivity contribution in [1.29, 1.82) is 0 Å². The van der Waals surface area contributed by atoms with E-state index in [1.54, 1.807) is 23.6 Å². The Morgan fingerprint density at radius 2 is 2.09 bits per heavy atom. The number of allylic oxidation sites excluding steroid dienone is 1. The zero-order valence-corrected chi connectivity index (χ0v) is 19.2. The fourth-order valence-electron chi connectivity index (χ4n) is 5.35. The molecule has 1 aliphatic carbocycles. The molecule has 5 rings (SSSR count). The number of aromatic nitrogens is 2. The molecule has 172 valence electrons. The lowest BCUT2D eigenvalue weighted by molar-refractivity contribution is -0.188. The second kappa shape index (κ2) is 7.30. The Morgan fingerprint density at radius 1 is 1.33 bits per heavy atom. The van der Waals surface area contributed by atoms with Gasteiger partial charge in [-0.25, -0.2) is 4.79 Å². The third kappa shape index (κ3) is 2.89. The second-order valence-corrected chi connectivity index (χ2v) is 8.97. The molecule has 0 amide bonds. The van der Waals surface area contributed by atoms with Gasteiger partial charge in [0.2, 0.25) is 5.60 Å². The SMILES string of the molecule is CCc1c2c(nc3c1Cn1c-3cc3c(c1=O)COC(=O)[C@@]3(CC)OC(C)=O)CC(C)C(O)=C2. The number of nitrogens with zero attached hydrogens (tertiary/aromatic N) is 2. The summed E-state index contributed by atoms with van der Waals surface area (Å²) in [6.45, 7) is 7.15. The largest absolute Gasteiger partial charge is 0.512 e. The van der Waals surface area contributed by atoms with Gasteiger partial charge in [-0.15, -0.1) is 0 Å². The molecule has 0 saturated heterocycles. The summed E-state index contributed by atoms with van der Waals surface area (Å²) in [4.78, 5) is 43.2. The maximum atomic E-state index is 13.5. The smallest absolute Gasteiger partial charge is 0.355 e. The Labute approximate surface area is 190 Å². The van der Waals surface area contributed by atoms with Crippen LogP contribution in [0.3, 0.4) is 0 Å². The van der Waals surface area contributed by atoms with Crippen molar-refractivity contribution in [3.63, 3.8) is 0 Å². The van der Waals surface area contributed by atoms with E-state index >= 15 is 0 Å². The number of esters is 2. The van der Waals surface area contributed by atoms with Crippen molar-refractivity contribution in [2.75, 3.05) is 0 Å². The number of aliphatic hydroxyl groups excluding tert-OH is 1. The van der Waals surface area contributed by atoms with Crippen molar-refractivity contribution >= 4 is 18.0 Å². The van der Waals surface area contributed by atoms with Crippen LogP contribution in [0.5, 0.6) is 0 Å². The molecule has 33 heavy (non-hydrogen) atoms. The van der Waals surface area contributed by atoms with E-state index in [9.17, 15) is 19.5 Å². The van der Waals surface area contributed by atoms with Gasteiger partial charge in [0.15, 0.2) is 0 Å². The Morgan fingerprint density at radius 3 is 2.76 bits per heavy atom. The summed E-state index contributed by atoms with van der Waals surface area (Å²) in [5.41, 5.74) is 3.91. The fraction of sp³-hybridized carbons (Fsp3) is 0.440. The lowest BCUT2D eigenvalue weighted by atomic mass is 9.85. The first-order valence-corrected chi connectivity index (χ1v) is 11.3. The van der Waals surface area contributed by atoms with E-state index in [-0.39, 0.29) is 24.5 Å². The molecular formula is C25H26N2O6. The molecule has 0 radical (unpaired) electrons. The van der Waals surface area contributed by atoms with Crippen LogP contribution in [-0.4, -0.2) is 26.6 Å². The molecule has 8 heteroatoms. The molecule has 0 spiro atoms. The fourth-order valence-corrected chi connectivity index (χ4v) is 5.35. The minimum atomic E-state index is -1.65. The lowest BCUT2D eigenvalue weighted by Gasteiger charge is -2.35. The molecule has 3 aliphatic rings.